The highest BCUT2D eigenvalue weighted by atomic mass is 32.2. The molecule has 0 aliphatic heterocycles. The number of alkyl halides is 1. The molecule has 1 aromatic rings. The Hall–Kier alpha value is -1.10. The first-order chi connectivity index (χ1) is 6.08. The van der Waals surface area contributed by atoms with Crippen LogP contribution >= 0.6 is 0 Å². The molecule has 0 atom stereocenters. The Bertz CT molecular complexity index is 389. The topological polar surface area (TPSA) is 60.2 Å². The normalized spacial score (nSPS) is 11.5. The summed E-state index contributed by atoms with van der Waals surface area (Å²) in [5.41, 5.74) is 5.60. The van der Waals surface area contributed by atoms with Gasteiger partial charge in [-0.05, 0) is 12.1 Å². The molecule has 5 heteroatoms. The molecule has 0 aliphatic rings. The van der Waals surface area contributed by atoms with Crippen LogP contribution in [0, 0.1) is 0 Å². The monoisotopic (exact) mass is 203 g/mol. The van der Waals surface area contributed by atoms with E-state index >= 15 is 0 Å². The number of nitrogen functional groups attached to an aromatic ring is 1. The highest BCUT2D eigenvalue weighted by molar-refractivity contribution is 7.91. The summed E-state index contributed by atoms with van der Waals surface area (Å²) in [5.74, 6) is -0.513. The maximum atomic E-state index is 11.9. The summed E-state index contributed by atoms with van der Waals surface area (Å²) >= 11 is 0. The van der Waals surface area contributed by atoms with Crippen molar-refractivity contribution >= 4 is 15.5 Å². The van der Waals surface area contributed by atoms with E-state index in [1.165, 1.54) is 12.1 Å². The van der Waals surface area contributed by atoms with Gasteiger partial charge < -0.3 is 5.73 Å². The van der Waals surface area contributed by atoms with Gasteiger partial charge >= 0.3 is 0 Å². The first-order valence-corrected chi connectivity index (χ1v) is 5.36. The average Bonchev–Trinajstić information content (AvgIpc) is 2.04. The number of anilines is 1. The largest absolute Gasteiger partial charge is 0.398 e. The van der Waals surface area contributed by atoms with Gasteiger partial charge in [-0.15, -0.1) is 0 Å². The molecule has 0 unspecified atom stereocenters. The van der Waals surface area contributed by atoms with Gasteiger partial charge in [-0.1, -0.05) is 12.1 Å². The van der Waals surface area contributed by atoms with Gasteiger partial charge in [0, 0.05) is 0 Å². The lowest BCUT2D eigenvalue weighted by atomic mass is 10.3. The van der Waals surface area contributed by atoms with Crippen LogP contribution in [0.25, 0.3) is 0 Å². The summed E-state index contributed by atoms with van der Waals surface area (Å²) in [7, 11) is -3.54. The number of hydrogen-bond acceptors (Lipinski definition) is 3. The molecule has 0 aromatic heterocycles. The summed E-state index contributed by atoms with van der Waals surface area (Å²) in [4.78, 5) is 0.00708. The third-order valence-electron chi connectivity index (χ3n) is 1.60. The third kappa shape index (κ3) is 2.18. The molecule has 3 nitrogen and oxygen atoms in total. The van der Waals surface area contributed by atoms with E-state index < -0.39 is 22.3 Å². The summed E-state index contributed by atoms with van der Waals surface area (Å²) in [5, 5.41) is 0. The predicted molar refractivity (Wildman–Crippen MR) is 48.9 cm³/mol. The Morgan fingerprint density at radius 2 is 1.92 bits per heavy atom. The van der Waals surface area contributed by atoms with Crippen molar-refractivity contribution in [1.29, 1.82) is 0 Å². The highest BCUT2D eigenvalue weighted by Gasteiger charge is 2.16. The Labute approximate surface area is 76.3 Å². The van der Waals surface area contributed by atoms with E-state index in [1.54, 1.807) is 12.1 Å². The fourth-order valence-corrected chi connectivity index (χ4v) is 2.11. The second-order valence-electron chi connectivity index (χ2n) is 2.55. The lowest BCUT2D eigenvalue weighted by molar-refractivity contribution is 0.517. The predicted octanol–water partition coefficient (Wildman–Crippen LogP) is 1.01. The van der Waals surface area contributed by atoms with Crippen LogP contribution in [0.4, 0.5) is 10.1 Å². The third-order valence-corrected chi connectivity index (χ3v) is 3.33. The molecule has 0 amide bonds. The molecule has 0 aliphatic carbocycles. The fourth-order valence-electron chi connectivity index (χ4n) is 0.975. The molecule has 0 spiro atoms. The molecular formula is C8H10FNO2S. The standard InChI is InChI=1S/C8H10FNO2S/c9-5-6-13(11,12)8-4-2-1-3-7(8)10/h1-4H,5-6,10H2. The van der Waals surface area contributed by atoms with Crippen molar-refractivity contribution in [2.75, 3.05) is 18.2 Å². The number of halogens is 1. The van der Waals surface area contributed by atoms with E-state index in [0.717, 1.165) is 0 Å². The minimum atomic E-state index is -3.54. The number of rotatable bonds is 3. The van der Waals surface area contributed by atoms with Gasteiger partial charge in [-0.2, -0.15) is 0 Å². The molecule has 1 rings (SSSR count). The molecule has 0 bridgehead atoms. The Morgan fingerprint density at radius 3 is 2.46 bits per heavy atom. The van der Waals surface area contributed by atoms with E-state index in [2.05, 4.69) is 0 Å². The highest BCUT2D eigenvalue weighted by Crippen LogP contribution is 2.18. The number of sulfone groups is 1. The molecule has 0 fully saturated rings. The van der Waals surface area contributed by atoms with Crippen molar-refractivity contribution in [3.8, 4) is 0 Å². The van der Waals surface area contributed by atoms with Crippen molar-refractivity contribution in [1.82, 2.24) is 0 Å². The van der Waals surface area contributed by atoms with Gasteiger partial charge in [-0.25, -0.2) is 12.8 Å². The van der Waals surface area contributed by atoms with Crippen LogP contribution in [0.15, 0.2) is 29.2 Å². The first kappa shape index (κ1) is 9.98. The van der Waals surface area contributed by atoms with Crippen molar-refractivity contribution in [2.45, 2.75) is 4.90 Å². The Balaban J connectivity index is 3.15. The van der Waals surface area contributed by atoms with Crippen LogP contribution in [-0.2, 0) is 9.84 Å². The molecule has 0 saturated carbocycles. The maximum Gasteiger partial charge on any atom is 0.182 e. The quantitative estimate of drug-likeness (QED) is 0.746. The van der Waals surface area contributed by atoms with Gasteiger partial charge in [0.1, 0.15) is 6.67 Å². The minimum absolute atomic E-state index is 0.00708. The molecule has 0 saturated heterocycles. The van der Waals surface area contributed by atoms with E-state index in [4.69, 9.17) is 5.73 Å². The molecule has 0 heterocycles. The van der Waals surface area contributed by atoms with E-state index in [9.17, 15) is 12.8 Å². The SMILES string of the molecule is Nc1ccccc1S(=O)(=O)CCF. The number of hydrogen-bond donors (Lipinski definition) is 1. The van der Waals surface area contributed by atoms with E-state index in [1.807, 2.05) is 0 Å². The second-order valence-corrected chi connectivity index (χ2v) is 4.62. The summed E-state index contributed by atoms with van der Waals surface area (Å²) < 4.78 is 34.6. The minimum Gasteiger partial charge on any atom is -0.398 e. The molecule has 1 aromatic carbocycles. The van der Waals surface area contributed by atoms with Gasteiger partial charge in [-0.3, -0.25) is 0 Å². The van der Waals surface area contributed by atoms with Gasteiger partial charge in [0.05, 0.1) is 16.3 Å². The number of para-hydroxylation sites is 1. The molecule has 72 valence electrons. The summed E-state index contributed by atoms with van der Waals surface area (Å²) in [6, 6.07) is 6.04. The zero-order chi connectivity index (χ0) is 9.90. The smallest absolute Gasteiger partial charge is 0.182 e. The number of benzene rings is 1. The number of nitrogens with two attached hydrogens (primary N) is 1. The second kappa shape index (κ2) is 3.74. The van der Waals surface area contributed by atoms with Crippen LogP contribution in [0.5, 0.6) is 0 Å². The van der Waals surface area contributed by atoms with Crippen LogP contribution in [0.1, 0.15) is 0 Å². The Kier molecular flexibility index (Phi) is 2.87. The average molecular weight is 203 g/mol. The van der Waals surface area contributed by atoms with Gasteiger partial charge in [0.15, 0.2) is 9.84 Å². The van der Waals surface area contributed by atoms with Crippen molar-refractivity contribution in [2.24, 2.45) is 0 Å². The zero-order valence-electron chi connectivity index (χ0n) is 6.90. The van der Waals surface area contributed by atoms with E-state index in [-0.39, 0.29) is 10.6 Å². The van der Waals surface area contributed by atoms with Crippen LogP contribution in [0.3, 0.4) is 0 Å². The first-order valence-electron chi connectivity index (χ1n) is 3.71. The van der Waals surface area contributed by atoms with Gasteiger partial charge in [0.2, 0.25) is 0 Å². The maximum absolute atomic E-state index is 11.9. The van der Waals surface area contributed by atoms with Crippen LogP contribution in [0.2, 0.25) is 0 Å². The fraction of sp³-hybridized carbons (Fsp3) is 0.250. The van der Waals surface area contributed by atoms with Crippen molar-refractivity contribution in [3.05, 3.63) is 24.3 Å². The summed E-state index contributed by atoms with van der Waals surface area (Å²) in [6.45, 7) is -0.892. The van der Waals surface area contributed by atoms with Crippen LogP contribution < -0.4 is 5.73 Å². The zero-order valence-corrected chi connectivity index (χ0v) is 7.72. The van der Waals surface area contributed by atoms with Crippen molar-refractivity contribution < 1.29 is 12.8 Å². The molecule has 13 heavy (non-hydrogen) atoms. The van der Waals surface area contributed by atoms with E-state index in [0.29, 0.717) is 0 Å². The van der Waals surface area contributed by atoms with Crippen LogP contribution in [-0.4, -0.2) is 20.8 Å². The molecule has 2 N–H and O–H groups in total. The molecule has 0 radical (unpaired) electrons. The lowest BCUT2D eigenvalue weighted by Gasteiger charge is -2.04. The van der Waals surface area contributed by atoms with Gasteiger partial charge in [0.25, 0.3) is 0 Å². The summed E-state index contributed by atoms with van der Waals surface area (Å²) in [6.07, 6.45) is 0. The molecular weight excluding hydrogens is 193 g/mol. The van der Waals surface area contributed by atoms with Crippen molar-refractivity contribution in [3.63, 3.8) is 0 Å². The Morgan fingerprint density at radius 1 is 1.31 bits per heavy atom. The lowest BCUT2D eigenvalue weighted by Crippen LogP contribution is -2.10.